The summed E-state index contributed by atoms with van der Waals surface area (Å²) in [5.41, 5.74) is 0. The first-order valence-electron chi connectivity index (χ1n) is 9.64. The van der Waals surface area contributed by atoms with Crippen LogP contribution in [0.15, 0.2) is 4.99 Å². The highest BCUT2D eigenvalue weighted by molar-refractivity contribution is 14.0. The van der Waals surface area contributed by atoms with Crippen LogP contribution in [0.4, 0.5) is 0 Å². The van der Waals surface area contributed by atoms with Crippen molar-refractivity contribution in [3.05, 3.63) is 11.6 Å². The van der Waals surface area contributed by atoms with Crippen LogP contribution in [0.2, 0.25) is 0 Å². The summed E-state index contributed by atoms with van der Waals surface area (Å²) < 4.78 is 2.23. The van der Waals surface area contributed by atoms with E-state index in [9.17, 15) is 0 Å². The Morgan fingerprint density at radius 2 is 2.04 bits per heavy atom. The molecule has 1 aromatic rings. The highest BCUT2D eigenvalue weighted by atomic mass is 127. The average molecular weight is 460 g/mol. The molecule has 2 N–H and O–H groups in total. The van der Waals surface area contributed by atoms with E-state index in [0.717, 1.165) is 36.5 Å². The second-order valence-electron chi connectivity index (χ2n) is 7.34. The molecule has 6 nitrogen and oxygen atoms in total. The highest BCUT2D eigenvalue weighted by Crippen LogP contribution is 2.27. The topological polar surface area (TPSA) is 67.1 Å². The fourth-order valence-electron chi connectivity index (χ4n) is 3.97. The SMILES string of the molecule is CN=C(NCc1nnc2n1CCC2)NC(C)CCC1CCCCC1.I. The van der Waals surface area contributed by atoms with Crippen LogP contribution in [0.3, 0.4) is 0 Å². The molecule has 2 aliphatic rings. The molecule has 0 radical (unpaired) electrons. The third kappa shape index (κ3) is 5.82. The van der Waals surface area contributed by atoms with Crippen LogP contribution in [0.5, 0.6) is 0 Å². The van der Waals surface area contributed by atoms with Gasteiger partial charge in [-0.1, -0.05) is 32.1 Å². The second-order valence-corrected chi connectivity index (χ2v) is 7.34. The zero-order valence-electron chi connectivity index (χ0n) is 15.6. The Bertz CT molecular complexity index is 550. The van der Waals surface area contributed by atoms with Gasteiger partial charge in [0.15, 0.2) is 11.8 Å². The first-order valence-corrected chi connectivity index (χ1v) is 9.64. The van der Waals surface area contributed by atoms with Crippen LogP contribution in [0.25, 0.3) is 0 Å². The minimum atomic E-state index is 0. The molecular weight excluding hydrogens is 427 g/mol. The predicted octanol–water partition coefficient (Wildman–Crippen LogP) is 3.26. The zero-order chi connectivity index (χ0) is 16.8. The minimum Gasteiger partial charge on any atom is -0.354 e. The van der Waals surface area contributed by atoms with Crippen LogP contribution in [0, 0.1) is 5.92 Å². The van der Waals surface area contributed by atoms with Gasteiger partial charge in [0, 0.05) is 26.1 Å². The summed E-state index contributed by atoms with van der Waals surface area (Å²) in [4.78, 5) is 4.35. The maximum Gasteiger partial charge on any atom is 0.191 e. The van der Waals surface area contributed by atoms with Crippen LogP contribution in [-0.2, 0) is 19.5 Å². The number of aliphatic imine (C=N–C) groups is 1. The number of hydrogen-bond donors (Lipinski definition) is 2. The molecule has 1 unspecified atom stereocenters. The summed E-state index contributed by atoms with van der Waals surface area (Å²) in [6.45, 7) is 3.98. The molecule has 0 bridgehead atoms. The third-order valence-corrected chi connectivity index (χ3v) is 5.44. The predicted molar refractivity (Wildman–Crippen MR) is 112 cm³/mol. The van der Waals surface area contributed by atoms with Crippen molar-refractivity contribution in [1.29, 1.82) is 0 Å². The van der Waals surface area contributed by atoms with E-state index in [0.29, 0.717) is 12.6 Å². The van der Waals surface area contributed by atoms with E-state index >= 15 is 0 Å². The summed E-state index contributed by atoms with van der Waals surface area (Å²) in [6, 6.07) is 0.447. The maximum atomic E-state index is 4.35. The first kappa shape index (κ1) is 20.5. The molecule has 1 saturated carbocycles. The first-order chi connectivity index (χ1) is 11.8. The van der Waals surface area contributed by atoms with E-state index in [1.807, 2.05) is 7.05 Å². The number of fused-ring (bicyclic) bond motifs is 1. The van der Waals surface area contributed by atoms with Crippen molar-refractivity contribution >= 4 is 29.9 Å². The minimum absolute atomic E-state index is 0. The van der Waals surface area contributed by atoms with E-state index in [1.54, 1.807) is 0 Å². The maximum absolute atomic E-state index is 4.35. The van der Waals surface area contributed by atoms with E-state index in [1.165, 1.54) is 51.4 Å². The molecule has 142 valence electrons. The summed E-state index contributed by atoms with van der Waals surface area (Å²) in [5, 5.41) is 15.4. The number of guanidine groups is 1. The number of aryl methyl sites for hydroxylation is 1. The van der Waals surface area contributed by atoms with Gasteiger partial charge >= 0.3 is 0 Å². The molecule has 0 saturated heterocycles. The number of hydrogen-bond acceptors (Lipinski definition) is 3. The number of nitrogens with zero attached hydrogens (tertiary/aromatic N) is 4. The smallest absolute Gasteiger partial charge is 0.191 e. The molecule has 3 rings (SSSR count). The zero-order valence-corrected chi connectivity index (χ0v) is 18.0. The Labute approximate surface area is 168 Å². The fraction of sp³-hybridized carbons (Fsp3) is 0.833. The Hall–Kier alpha value is -0.860. The van der Waals surface area contributed by atoms with Crippen molar-refractivity contribution < 1.29 is 0 Å². The molecule has 0 spiro atoms. The van der Waals surface area contributed by atoms with Crippen molar-refractivity contribution in [2.24, 2.45) is 10.9 Å². The molecule has 1 fully saturated rings. The van der Waals surface area contributed by atoms with Crippen molar-refractivity contribution in [3.63, 3.8) is 0 Å². The van der Waals surface area contributed by atoms with Crippen LogP contribution in [0.1, 0.15) is 69.9 Å². The van der Waals surface area contributed by atoms with Gasteiger partial charge < -0.3 is 15.2 Å². The van der Waals surface area contributed by atoms with E-state index in [-0.39, 0.29) is 24.0 Å². The quantitative estimate of drug-likeness (QED) is 0.389. The molecule has 1 atom stereocenters. The molecule has 1 aromatic heterocycles. The lowest BCUT2D eigenvalue weighted by Crippen LogP contribution is -2.42. The molecule has 25 heavy (non-hydrogen) atoms. The number of rotatable bonds is 6. The van der Waals surface area contributed by atoms with Gasteiger partial charge in [0.1, 0.15) is 5.82 Å². The largest absolute Gasteiger partial charge is 0.354 e. The lowest BCUT2D eigenvalue weighted by Gasteiger charge is -2.24. The van der Waals surface area contributed by atoms with Crippen LogP contribution in [-0.4, -0.2) is 33.8 Å². The van der Waals surface area contributed by atoms with Gasteiger partial charge in [-0.15, -0.1) is 34.2 Å². The van der Waals surface area contributed by atoms with Crippen LogP contribution < -0.4 is 10.6 Å². The van der Waals surface area contributed by atoms with Gasteiger partial charge in [-0.05, 0) is 32.1 Å². The van der Waals surface area contributed by atoms with E-state index in [4.69, 9.17) is 0 Å². The Balaban J connectivity index is 0.00000225. The number of aromatic nitrogens is 3. The number of nitrogens with one attached hydrogen (secondary N) is 2. The molecule has 7 heteroatoms. The molecule has 0 aromatic carbocycles. The van der Waals surface area contributed by atoms with Gasteiger partial charge in [0.25, 0.3) is 0 Å². The summed E-state index contributed by atoms with van der Waals surface area (Å²) >= 11 is 0. The van der Waals surface area contributed by atoms with Gasteiger partial charge in [0.05, 0.1) is 6.54 Å². The molecule has 0 amide bonds. The van der Waals surface area contributed by atoms with Crippen LogP contribution >= 0.6 is 24.0 Å². The molecule has 1 aliphatic carbocycles. The van der Waals surface area contributed by atoms with Crippen molar-refractivity contribution in [3.8, 4) is 0 Å². The van der Waals surface area contributed by atoms with Crippen molar-refractivity contribution in [2.45, 2.75) is 83.8 Å². The molecule has 2 heterocycles. The molecular formula is C18H33IN6. The molecule has 1 aliphatic heterocycles. The monoisotopic (exact) mass is 460 g/mol. The summed E-state index contributed by atoms with van der Waals surface area (Å²) in [5.74, 6) is 3.94. The fourth-order valence-corrected chi connectivity index (χ4v) is 3.97. The Morgan fingerprint density at radius 3 is 2.80 bits per heavy atom. The Kier molecular flexibility index (Phi) is 8.45. The van der Waals surface area contributed by atoms with Crippen molar-refractivity contribution in [1.82, 2.24) is 25.4 Å². The van der Waals surface area contributed by atoms with Crippen molar-refractivity contribution in [2.75, 3.05) is 7.05 Å². The normalized spacial score (nSPS) is 19.2. The van der Waals surface area contributed by atoms with Gasteiger partial charge in [0.2, 0.25) is 0 Å². The lowest BCUT2D eigenvalue weighted by molar-refractivity contribution is 0.322. The second kappa shape index (κ2) is 10.3. The summed E-state index contributed by atoms with van der Waals surface area (Å²) in [7, 11) is 1.83. The van der Waals surface area contributed by atoms with Gasteiger partial charge in [-0.2, -0.15) is 0 Å². The van der Waals surface area contributed by atoms with E-state index in [2.05, 4.69) is 37.3 Å². The average Bonchev–Trinajstić information content (AvgIpc) is 3.22. The highest BCUT2D eigenvalue weighted by Gasteiger charge is 2.18. The third-order valence-electron chi connectivity index (χ3n) is 5.44. The standard InChI is InChI=1S/C18H32N6.HI/c1-14(10-11-15-7-4-3-5-8-15)21-18(19-2)20-13-17-23-22-16-9-6-12-24(16)17;/h14-15H,3-13H2,1-2H3,(H2,19,20,21);1H. The lowest BCUT2D eigenvalue weighted by atomic mass is 9.85. The Morgan fingerprint density at radius 1 is 1.24 bits per heavy atom. The van der Waals surface area contributed by atoms with Gasteiger partial charge in [-0.25, -0.2) is 0 Å². The number of halogens is 1. The van der Waals surface area contributed by atoms with Gasteiger partial charge in [-0.3, -0.25) is 4.99 Å². The summed E-state index contributed by atoms with van der Waals surface area (Å²) in [6.07, 6.45) is 11.9. The van der Waals surface area contributed by atoms with E-state index < -0.39 is 0 Å².